The van der Waals surface area contributed by atoms with E-state index in [9.17, 15) is 18.8 Å². The Hall–Kier alpha value is -2.76. The van der Waals surface area contributed by atoms with E-state index >= 15 is 0 Å². The third-order valence-electron chi connectivity index (χ3n) is 5.95. The van der Waals surface area contributed by atoms with E-state index in [0.717, 1.165) is 0 Å². The Balaban J connectivity index is 1.46. The fraction of sp³-hybridized carbons (Fsp3) is 0.526. The smallest absolute Gasteiger partial charge is 0.407 e. The number of carbonyl (C=O) groups excluding carboxylic acids is 3. The molecule has 0 spiro atoms. The predicted octanol–water partition coefficient (Wildman–Crippen LogP) is -0.652. The molecule has 0 aliphatic carbocycles. The van der Waals surface area contributed by atoms with E-state index in [1.807, 2.05) is 18.2 Å². The first kappa shape index (κ1) is 20.5. The Bertz CT molecular complexity index is 827. The third kappa shape index (κ3) is 3.83. The first-order valence-corrected chi connectivity index (χ1v) is 9.88. The summed E-state index contributed by atoms with van der Waals surface area (Å²) in [6.45, 7) is 2.57. The number of halogens is 1. The van der Waals surface area contributed by atoms with E-state index in [0.29, 0.717) is 18.7 Å². The molecule has 30 heavy (non-hydrogen) atoms. The molecule has 3 aliphatic heterocycles. The third-order valence-corrected chi connectivity index (χ3v) is 5.95. The second-order valence-corrected chi connectivity index (χ2v) is 7.81. The maximum atomic E-state index is 14.8. The number of hydrogen-bond donors (Lipinski definition) is 4. The van der Waals surface area contributed by atoms with E-state index in [1.165, 1.54) is 5.01 Å². The number of ether oxygens (including phenoxy) is 1. The Morgan fingerprint density at radius 2 is 2.03 bits per heavy atom. The molecule has 3 aliphatic rings. The molecule has 1 aromatic rings. The van der Waals surface area contributed by atoms with Gasteiger partial charge in [-0.15, -0.1) is 0 Å². The molecule has 0 aromatic heterocycles. The van der Waals surface area contributed by atoms with E-state index in [4.69, 9.17) is 4.74 Å². The van der Waals surface area contributed by atoms with Gasteiger partial charge in [0.1, 0.15) is 11.5 Å². The van der Waals surface area contributed by atoms with Crippen molar-refractivity contribution in [3.8, 4) is 0 Å². The summed E-state index contributed by atoms with van der Waals surface area (Å²) in [5.41, 5.74) is 7.59. The minimum Gasteiger partial charge on any atom is -0.443 e. The van der Waals surface area contributed by atoms with Crippen LogP contribution in [0.3, 0.4) is 0 Å². The van der Waals surface area contributed by atoms with Crippen LogP contribution in [0.4, 0.5) is 9.18 Å². The van der Waals surface area contributed by atoms with Crippen LogP contribution in [0, 0.1) is 0 Å². The molecule has 10 nitrogen and oxygen atoms in total. The van der Waals surface area contributed by atoms with Crippen LogP contribution >= 0.6 is 0 Å². The molecule has 162 valence electrons. The Labute approximate surface area is 173 Å². The number of piperazine rings is 1. The summed E-state index contributed by atoms with van der Waals surface area (Å²) >= 11 is 0. The molecule has 1 aromatic carbocycles. The number of hydrogen-bond acceptors (Lipinski definition) is 7. The summed E-state index contributed by atoms with van der Waals surface area (Å²) in [5, 5.41) is 4.12. The average molecular weight is 420 g/mol. The molecule has 4 atom stereocenters. The van der Waals surface area contributed by atoms with Gasteiger partial charge in [0, 0.05) is 13.1 Å². The molecule has 0 radical (unpaired) electrons. The van der Waals surface area contributed by atoms with Gasteiger partial charge in [-0.05, 0) is 12.5 Å². The van der Waals surface area contributed by atoms with Gasteiger partial charge < -0.3 is 10.1 Å². The van der Waals surface area contributed by atoms with Crippen molar-refractivity contribution < 1.29 is 23.5 Å². The van der Waals surface area contributed by atoms with E-state index in [1.54, 1.807) is 24.0 Å². The van der Waals surface area contributed by atoms with Gasteiger partial charge in [-0.2, -0.15) is 0 Å². The van der Waals surface area contributed by atoms with Crippen molar-refractivity contribution in [2.24, 2.45) is 0 Å². The zero-order valence-electron chi connectivity index (χ0n) is 16.6. The number of alkyl carbamates (subject to hydrolysis) is 1. The summed E-state index contributed by atoms with van der Waals surface area (Å²) in [6.07, 6.45) is -2.87. The van der Waals surface area contributed by atoms with Gasteiger partial charge in [-0.25, -0.2) is 19.6 Å². The van der Waals surface area contributed by atoms with Gasteiger partial charge in [0.2, 0.25) is 11.8 Å². The van der Waals surface area contributed by atoms with Crippen molar-refractivity contribution in [3.63, 3.8) is 0 Å². The number of benzene rings is 1. The zero-order valence-corrected chi connectivity index (χ0v) is 16.6. The average Bonchev–Trinajstić information content (AvgIpc) is 3.36. The molecule has 0 bridgehead atoms. The van der Waals surface area contributed by atoms with Gasteiger partial charge in [0.05, 0.1) is 25.7 Å². The largest absolute Gasteiger partial charge is 0.443 e. The molecule has 3 heterocycles. The summed E-state index contributed by atoms with van der Waals surface area (Å²) in [6, 6.07) is 9.07. The lowest BCUT2D eigenvalue weighted by Gasteiger charge is -2.41. The van der Waals surface area contributed by atoms with Crippen LogP contribution in [0.2, 0.25) is 0 Å². The van der Waals surface area contributed by atoms with Crippen LogP contribution in [0.25, 0.3) is 0 Å². The maximum Gasteiger partial charge on any atom is 0.407 e. The second kappa shape index (κ2) is 8.17. The number of hydrazine groups is 2. The molecule has 3 saturated heterocycles. The molecule has 4 unspecified atom stereocenters. The zero-order chi connectivity index (χ0) is 21.3. The minimum absolute atomic E-state index is 0.0499. The van der Waals surface area contributed by atoms with Crippen molar-refractivity contribution in [2.45, 2.75) is 37.3 Å². The van der Waals surface area contributed by atoms with E-state index < -0.39 is 30.1 Å². The molecular formula is C19H25FN6O4. The lowest BCUT2D eigenvalue weighted by Crippen LogP contribution is -2.63. The minimum atomic E-state index is -1.36. The highest BCUT2D eigenvalue weighted by atomic mass is 19.1. The van der Waals surface area contributed by atoms with Gasteiger partial charge in [0.25, 0.3) is 0 Å². The lowest BCUT2D eigenvalue weighted by molar-refractivity contribution is -0.138. The number of nitrogens with one attached hydrogen (secondary N) is 4. The van der Waals surface area contributed by atoms with Crippen molar-refractivity contribution in [2.75, 3.05) is 26.2 Å². The summed E-state index contributed by atoms with van der Waals surface area (Å²) < 4.78 is 20.1. The van der Waals surface area contributed by atoms with Crippen molar-refractivity contribution in [1.29, 1.82) is 0 Å². The van der Waals surface area contributed by atoms with Crippen LogP contribution < -0.4 is 21.6 Å². The number of alkyl halides is 1. The van der Waals surface area contributed by atoms with Gasteiger partial charge in [-0.3, -0.25) is 25.3 Å². The normalized spacial score (nSPS) is 29.6. The topological polar surface area (TPSA) is 115 Å². The first-order valence-electron chi connectivity index (χ1n) is 9.88. The Morgan fingerprint density at radius 3 is 2.63 bits per heavy atom. The fourth-order valence-electron chi connectivity index (χ4n) is 4.07. The van der Waals surface area contributed by atoms with Crippen molar-refractivity contribution >= 4 is 17.9 Å². The number of carbonyl (C=O) groups is 3. The fourth-order valence-corrected chi connectivity index (χ4v) is 4.07. The van der Waals surface area contributed by atoms with Crippen LogP contribution in [0.1, 0.15) is 18.9 Å². The molecule has 0 saturated carbocycles. The summed E-state index contributed by atoms with van der Waals surface area (Å²) in [5.74, 6) is -0.562. The van der Waals surface area contributed by atoms with Gasteiger partial charge >= 0.3 is 6.09 Å². The number of amides is 3. The highest BCUT2D eigenvalue weighted by Gasteiger charge is 2.49. The summed E-state index contributed by atoms with van der Waals surface area (Å²) in [4.78, 5) is 37.9. The van der Waals surface area contributed by atoms with E-state index in [2.05, 4.69) is 21.6 Å². The number of cyclic esters (lactones) is 1. The highest BCUT2D eigenvalue weighted by molar-refractivity contribution is 5.89. The molecule has 3 fully saturated rings. The Kier molecular flexibility index (Phi) is 5.58. The molecule has 3 amide bonds. The SMILES string of the molecule is CC(C(=O)NN1CCN(C2CC(=O)NN2)C(F)C1)(c1ccccc1)C1CNC(=O)O1. The van der Waals surface area contributed by atoms with Gasteiger partial charge in [0.15, 0.2) is 6.30 Å². The Morgan fingerprint density at radius 1 is 1.27 bits per heavy atom. The quantitative estimate of drug-likeness (QED) is 0.468. The second-order valence-electron chi connectivity index (χ2n) is 7.81. The highest BCUT2D eigenvalue weighted by Crippen LogP contribution is 2.32. The monoisotopic (exact) mass is 420 g/mol. The molecule has 11 heteroatoms. The van der Waals surface area contributed by atoms with Gasteiger partial charge in [-0.1, -0.05) is 30.3 Å². The molecular weight excluding hydrogens is 395 g/mol. The van der Waals surface area contributed by atoms with Crippen LogP contribution in [-0.2, 0) is 19.7 Å². The molecule has 4 rings (SSSR count). The standard InChI is InChI=1S/C19H25FN6O4/c1-19(12-5-3-2-4-6-12,13-10-21-18(29)30-13)17(28)24-25-7-8-26(14(20)11-25)15-9-16(27)23-22-15/h2-6,13-15,22H,7-11H2,1H3,(H,21,29)(H,23,27)(H,24,28). The maximum absolute atomic E-state index is 14.8. The van der Waals surface area contributed by atoms with Crippen LogP contribution in [0.15, 0.2) is 30.3 Å². The summed E-state index contributed by atoms with van der Waals surface area (Å²) in [7, 11) is 0. The van der Waals surface area contributed by atoms with Crippen molar-refractivity contribution in [3.05, 3.63) is 35.9 Å². The van der Waals surface area contributed by atoms with E-state index in [-0.39, 0.29) is 31.3 Å². The predicted molar refractivity (Wildman–Crippen MR) is 103 cm³/mol. The van der Waals surface area contributed by atoms with Crippen molar-refractivity contribution in [1.82, 2.24) is 31.5 Å². The first-order chi connectivity index (χ1) is 14.4. The molecule has 4 N–H and O–H groups in total. The van der Waals surface area contributed by atoms with Crippen LogP contribution in [0.5, 0.6) is 0 Å². The number of rotatable bonds is 5. The number of nitrogens with zero attached hydrogens (tertiary/aromatic N) is 2. The van der Waals surface area contributed by atoms with Crippen LogP contribution in [-0.4, -0.2) is 72.6 Å². The lowest BCUT2D eigenvalue weighted by atomic mass is 9.76.